The number of anilines is 1. The van der Waals surface area contributed by atoms with Gasteiger partial charge in [-0.3, -0.25) is 0 Å². The molecule has 4 nitrogen and oxygen atoms in total. The normalized spacial score (nSPS) is 15.9. The molecule has 0 unspecified atom stereocenters. The van der Waals surface area contributed by atoms with E-state index in [2.05, 4.69) is 5.32 Å². The number of hydrogen-bond donors (Lipinski definition) is 1. The van der Waals surface area contributed by atoms with Crippen molar-refractivity contribution in [1.29, 1.82) is 0 Å². The Morgan fingerprint density at radius 2 is 1.58 bits per heavy atom. The largest absolute Gasteiger partial charge is 0.419 e. The van der Waals surface area contributed by atoms with Crippen molar-refractivity contribution in [2.75, 3.05) is 31.1 Å². The molecule has 1 fully saturated rings. The van der Waals surface area contributed by atoms with Gasteiger partial charge in [0.15, 0.2) is 0 Å². The maximum Gasteiger partial charge on any atom is 0.419 e. The molecule has 0 atom stereocenters. The molecule has 1 aliphatic heterocycles. The minimum absolute atomic E-state index is 0.165. The lowest BCUT2D eigenvalue weighted by Gasteiger charge is -2.32. The molecule has 3 rings (SSSR count). The van der Waals surface area contributed by atoms with Gasteiger partial charge in [-0.05, 0) is 36.4 Å². The number of alkyl halides is 3. The van der Waals surface area contributed by atoms with Crippen LogP contribution in [-0.2, 0) is 16.0 Å². The predicted octanol–water partition coefficient (Wildman–Crippen LogP) is 3.09. The van der Waals surface area contributed by atoms with E-state index in [1.807, 2.05) is 0 Å². The van der Waals surface area contributed by atoms with E-state index in [0.29, 0.717) is 26.2 Å². The molecule has 2 aromatic rings. The highest BCUT2D eigenvalue weighted by atomic mass is 32.2. The Balaban J connectivity index is 2.19. The summed E-state index contributed by atoms with van der Waals surface area (Å²) in [4.78, 5) is 0.303. The Bertz CT molecular complexity index is 890. The van der Waals surface area contributed by atoms with Crippen molar-refractivity contribution in [3.8, 4) is 0 Å². The third kappa shape index (κ3) is 3.54. The minimum Gasteiger partial charge on any atom is -0.368 e. The van der Waals surface area contributed by atoms with Gasteiger partial charge in [0, 0.05) is 26.2 Å². The first kappa shape index (κ1) is 18.7. The maximum atomic E-state index is 13.8. The lowest BCUT2D eigenvalue weighted by molar-refractivity contribution is -0.139. The van der Waals surface area contributed by atoms with E-state index in [1.54, 1.807) is 0 Å². The molecule has 0 spiro atoms. The van der Waals surface area contributed by atoms with Crippen LogP contribution in [0.1, 0.15) is 5.56 Å². The maximum absolute atomic E-state index is 13.8. The van der Waals surface area contributed by atoms with Gasteiger partial charge in [0.1, 0.15) is 5.82 Å². The highest BCUT2D eigenvalue weighted by Crippen LogP contribution is 2.42. The highest BCUT2D eigenvalue weighted by molar-refractivity contribution is 7.91. The zero-order chi connectivity index (χ0) is 18.9. The molecule has 140 valence electrons. The summed E-state index contributed by atoms with van der Waals surface area (Å²) in [5.74, 6) is -0.672. The molecule has 1 saturated heterocycles. The van der Waals surface area contributed by atoms with E-state index in [1.165, 1.54) is 17.0 Å². The van der Waals surface area contributed by atoms with Crippen molar-refractivity contribution >= 4 is 15.5 Å². The van der Waals surface area contributed by atoms with Crippen molar-refractivity contribution in [2.45, 2.75) is 16.0 Å². The van der Waals surface area contributed by atoms with Crippen LogP contribution >= 0.6 is 0 Å². The molecule has 1 N–H and O–H groups in total. The van der Waals surface area contributed by atoms with Gasteiger partial charge < -0.3 is 10.2 Å². The quantitative estimate of drug-likeness (QED) is 0.649. The van der Waals surface area contributed by atoms with Crippen molar-refractivity contribution < 1.29 is 26.0 Å². The van der Waals surface area contributed by atoms with Gasteiger partial charge >= 0.3 is 6.18 Å². The first-order valence-corrected chi connectivity index (χ1v) is 9.36. The van der Waals surface area contributed by atoms with Crippen molar-refractivity contribution in [3.05, 3.63) is 53.8 Å². The Hall–Kier alpha value is -2.13. The van der Waals surface area contributed by atoms with Gasteiger partial charge in [-0.1, -0.05) is 6.07 Å². The summed E-state index contributed by atoms with van der Waals surface area (Å²) in [6.45, 7) is 1.69. The molecular weight excluding hydrogens is 372 g/mol. The topological polar surface area (TPSA) is 49.4 Å². The Kier molecular flexibility index (Phi) is 4.94. The fourth-order valence-electron chi connectivity index (χ4n) is 2.94. The number of piperazine rings is 1. The number of hydrogen-bond acceptors (Lipinski definition) is 4. The summed E-state index contributed by atoms with van der Waals surface area (Å²) in [5.41, 5.74) is -1.35. The van der Waals surface area contributed by atoms with Crippen LogP contribution in [0.5, 0.6) is 0 Å². The smallest absolute Gasteiger partial charge is 0.368 e. The molecular formula is C17H16F4N2O2S. The van der Waals surface area contributed by atoms with Gasteiger partial charge in [-0.2, -0.15) is 13.2 Å². The second-order valence-electron chi connectivity index (χ2n) is 5.84. The third-order valence-corrected chi connectivity index (χ3v) is 5.97. The zero-order valence-electron chi connectivity index (χ0n) is 13.6. The van der Waals surface area contributed by atoms with Crippen LogP contribution in [0.4, 0.5) is 23.2 Å². The number of nitrogens with zero attached hydrogens (tertiary/aromatic N) is 1. The molecule has 0 radical (unpaired) electrons. The van der Waals surface area contributed by atoms with Gasteiger partial charge in [-0.25, -0.2) is 12.8 Å². The van der Waals surface area contributed by atoms with E-state index in [4.69, 9.17) is 0 Å². The van der Waals surface area contributed by atoms with E-state index >= 15 is 0 Å². The second kappa shape index (κ2) is 6.88. The Morgan fingerprint density at radius 1 is 0.962 bits per heavy atom. The first-order chi connectivity index (χ1) is 12.2. The summed E-state index contributed by atoms with van der Waals surface area (Å²) >= 11 is 0. The third-order valence-electron chi connectivity index (χ3n) is 4.16. The fourth-order valence-corrected chi connectivity index (χ4v) is 4.43. The summed E-state index contributed by atoms with van der Waals surface area (Å²) < 4.78 is 80.1. The molecule has 0 bridgehead atoms. The van der Waals surface area contributed by atoms with Gasteiger partial charge in [-0.15, -0.1) is 0 Å². The molecule has 0 aromatic heterocycles. The average molecular weight is 388 g/mol. The van der Waals surface area contributed by atoms with E-state index in [0.717, 1.165) is 30.3 Å². The summed E-state index contributed by atoms with van der Waals surface area (Å²) in [6.07, 6.45) is -4.86. The van der Waals surface area contributed by atoms with Crippen LogP contribution < -0.4 is 10.2 Å². The van der Waals surface area contributed by atoms with Gasteiger partial charge in [0.25, 0.3) is 0 Å². The molecule has 1 aliphatic rings. The number of benzene rings is 2. The summed E-state index contributed by atoms with van der Waals surface area (Å²) in [7, 11) is -4.46. The lowest BCUT2D eigenvalue weighted by atomic mass is 10.1. The van der Waals surface area contributed by atoms with Crippen molar-refractivity contribution in [3.63, 3.8) is 0 Å². The second-order valence-corrected chi connectivity index (χ2v) is 7.76. The number of rotatable bonds is 3. The molecule has 0 aliphatic carbocycles. The minimum atomic E-state index is -4.86. The van der Waals surface area contributed by atoms with E-state index in [9.17, 15) is 26.0 Å². The zero-order valence-corrected chi connectivity index (χ0v) is 14.4. The lowest BCUT2D eigenvalue weighted by Crippen LogP contribution is -2.44. The average Bonchev–Trinajstić information content (AvgIpc) is 2.61. The summed E-state index contributed by atoms with van der Waals surface area (Å²) in [5, 5.41) is 3.04. The van der Waals surface area contributed by atoms with Crippen LogP contribution in [-0.4, -0.2) is 34.6 Å². The monoisotopic (exact) mass is 388 g/mol. The fraction of sp³-hybridized carbons (Fsp3) is 0.294. The highest BCUT2D eigenvalue weighted by Gasteiger charge is 2.41. The number of halogens is 4. The predicted molar refractivity (Wildman–Crippen MR) is 88.4 cm³/mol. The molecule has 26 heavy (non-hydrogen) atoms. The molecule has 2 aromatic carbocycles. The van der Waals surface area contributed by atoms with E-state index < -0.39 is 32.3 Å². The Morgan fingerprint density at radius 3 is 2.15 bits per heavy atom. The van der Waals surface area contributed by atoms with Gasteiger partial charge in [0.05, 0.1) is 21.0 Å². The summed E-state index contributed by atoms with van der Waals surface area (Å²) in [6, 6.07) is 7.24. The Labute approximate surface area is 148 Å². The van der Waals surface area contributed by atoms with Crippen LogP contribution in [0.25, 0.3) is 0 Å². The van der Waals surface area contributed by atoms with E-state index in [-0.39, 0.29) is 10.6 Å². The van der Waals surface area contributed by atoms with Gasteiger partial charge in [0.2, 0.25) is 9.84 Å². The van der Waals surface area contributed by atoms with Crippen LogP contribution in [0.3, 0.4) is 0 Å². The molecule has 1 heterocycles. The SMILES string of the molecule is O=S(=O)(c1ccc(F)cc1)c1cccc(N2CCNCC2)c1C(F)(F)F. The number of sulfone groups is 1. The standard InChI is InChI=1S/C17H16F4N2O2S/c18-12-4-6-13(7-5-12)26(24,25)15-3-1-2-14(16(15)17(19,20)21)23-10-8-22-9-11-23/h1-7,22H,8-11H2. The molecule has 0 saturated carbocycles. The molecule has 0 amide bonds. The molecule has 9 heteroatoms. The van der Waals surface area contributed by atoms with Crippen molar-refractivity contribution in [1.82, 2.24) is 5.32 Å². The number of nitrogens with one attached hydrogen (secondary N) is 1. The van der Waals surface area contributed by atoms with Crippen LogP contribution in [0.2, 0.25) is 0 Å². The van der Waals surface area contributed by atoms with Crippen LogP contribution in [0, 0.1) is 5.82 Å². The van der Waals surface area contributed by atoms with Crippen molar-refractivity contribution in [2.24, 2.45) is 0 Å². The van der Waals surface area contributed by atoms with Crippen LogP contribution in [0.15, 0.2) is 52.3 Å². The first-order valence-electron chi connectivity index (χ1n) is 7.88.